The number of carbonyl (C=O) groups excluding carboxylic acids is 2. The summed E-state index contributed by atoms with van der Waals surface area (Å²) in [5.41, 5.74) is 5.70. The molecule has 0 saturated carbocycles. The minimum atomic E-state index is -1.23. The number of fused-ring (bicyclic) bond motifs is 1. The molecule has 7 nitrogen and oxygen atoms in total. The minimum absolute atomic E-state index is 0.0659. The van der Waals surface area contributed by atoms with Gasteiger partial charge in [0.15, 0.2) is 0 Å². The van der Waals surface area contributed by atoms with Crippen molar-refractivity contribution in [2.45, 2.75) is 0 Å². The molecule has 1 aromatic carbocycles. The molecule has 0 aliphatic heterocycles. The molecular formula is C14H13N3O4. The first-order chi connectivity index (χ1) is 9.97. The van der Waals surface area contributed by atoms with Gasteiger partial charge in [-0.05, 0) is 12.1 Å². The predicted molar refractivity (Wildman–Crippen MR) is 74.5 cm³/mol. The summed E-state index contributed by atoms with van der Waals surface area (Å²) in [5, 5.41) is 9.65. The molecule has 0 bridgehead atoms. The van der Waals surface area contributed by atoms with Crippen molar-refractivity contribution in [3.63, 3.8) is 0 Å². The molecule has 0 saturated heterocycles. The van der Waals surface area contributed by atoms with Crippen LogP contribution in [0.1, 0.15) is 10.5 Å². The Morgan fingerprint density at radius 2 is 1.81 bits per heavy atom. The Morgan fingerprint density at radius 1 is 1.10 bits per heavy atom. The van der Waals surface area contributed by atoms with Gasteiger partial charge >= 0.3 is 5.97 Å². The number of amides is 2. The van der Waals surface area contributed by atoms with Gasteiger partial charge < -0.3 is 15.7 Å². The van der Waals surface area contributed by atoms with Crippen LogP contribution in [-0.2, 0) is 9.59 Å². The fraction of sp³-hybridized carbons (Fsp3) is 0.143. The van der Waals surface area contributed by atoms with Gasteiger partial charge in [-0.15, -0.1) is 0 Å². The third-order valence-corrected chi connectivity index (χ3v) is 2.78. The van der Waals surface area contributed by atoms with E-state index < -0.39 is 30.9 Å². The van der Waals surface area contributed by atoms with Crippen molar-refractivity contribution in [3.8, 4) is 0 Å². The van der Waals surface area contributed by atoms with Gasteiger partial charge in [-0.25, -0.2) is 4.98 Å². The number of hydrogen-bond donors (Lipinski definition) is 2. The van der Waals surface area contributed by atoms with E-state index in [1.165, 1.54) is 6.07 Å². The molecule has 21 heavy (non-hydrogen) atoms. The Bertz CT molecular complexity index is 698. The van der Waals surface area contributed by atoms with Gasteiger partial charge in [-0.2, -0.15) is 0 Å². The second-order valence-corrected chi connectivity index (χ2v) is 4.41. The Morgan fingerprint density at radius 3 is 2.48 bits per heavy atom. The number of para-hydroxylation sites is 1. The largest absolute Gasteiger partial charge is 0.480 e. The summed E-state index contributed by atoms with van der Waals surface area (Å²) in [6.45, 7) is -1.09. The molecule has 1 heterocycles. The van der Waals surface area contributed by atoms with E-state index in [0.717, 1.165) is 10.3 Å². The van der Waals surface area contributed by atoms with E-state index in [-0.39, 0.29) is 5.69 Å². The molecule has 0 spiro atoms. The van der Waals surface area contributed by atoms with Crippen molar-refractivity contribution in [2.75, 3.05) is 13.1 Å². The fourth-order valence-corrected chi connectivity index (χ4v) is 1.90. The molecule has 0 unspecified atom stereocenters. The average Bonchev–Trinajstić information content (AvgIpc) is 2.44. The standard InChI is InChI=1S/C14H13N3O4/c15-12(18)7-17(8-13(19)20)14(21)11-6-5-9-3-1-2-4-10(9)16-11/h1-6H,7-8H2,(H2,15,18)(H,19,20). The number of rotatable bonds is 5. The highest BCUT2D eigenvalue weighted by molar-refractivity contribution is 5.98. The quantitative estimate of drug-likeness (QED) is 0.818. The van der Waals surface area contributed by atoms with Gasteiger partial charge in [0.25, 0.3) is 5.91 Å². The lowest BCUT2D eigenvalue weighted by atomic mass is 10.2. The highest BCUT2D eigenvalue weighted by atomic mass is 16.4. The molecule has 2 aromatic rings. The van der Waals surface area contributed by atoms with E-state index >= 15 is 0 Å². The van der Waals surface area contributed by atoms with E-state index in [2.05, 4.69) is 4.98 Å². The molecule has 3 N–H and O–H groups in total. The Labute approximate surface area is 120 Å². The molecule has 2 amide bonds. The van der Waals surface area contributed by atoms with E-state index in [4.69, 9.17) is 10.8 Å². The Hall–Kier alpha value is -2.96. The zero-order valence-corrected chi connectivity index (χ0v) is 11.0. The van der Waals surface area contributed by atoms with Gasteiger partial charge in [0.2, 0.25) is 5.91 Å². The normalized spacial score (nSPS) is 10.3. The van der Waals surface area contributed by atoms with Crippen molar-refractivity contribution in [1.29, 1.82) is 0 Å². The molecule has 0 atom stereocenters. The second kappa shape index (κ2) is 6.00. The zero-order valence-electron chi connectivity index (χ0n) is 11.0. The summed E-state index contributed by atoms with van der Waals surface area (Å²) in [5.74, 6) is -2.67. The number of aliphatic carboxylic acids is 1. The maximum absolute atomic E-state index is 12.3. The van der Waals surface area contributed by atoms with Crippen LogP contribution < -0.4 is 5.73 Å². The number of primary amides is 1. The first kappa shape index (κ1) is 14.4. The van der Waals surface area contributed by atoms with Gasteiger partial charge in [0, 0.05) is 5.39 Å². The molecule has 7 heteroatoms. The number of carboxylic acids is 1. The van der Waals surface area contributed by atoms with Gasteiger partial charge in [0.1, 0.15) is 18.8 Å². The lowest BCUT2D eigenvalue weighted by Crippen LogP contribution is -2.41. The monoisotopic (exact) mass is 287 g/mol. The topological polar surface area (TPSA) is 114 Å². The summed E-state index contributed by atoms with van der Waals surface area (Å²) in [4.78, 5) is 39.0. The van der Waals surface area contributed by atoms with Gasteiger partial charge in [-0.3, -0.25) is 14.4 Å². The number of hydrogen-bond acceptors (Lipinski definition) is 4. The van der Waals surface area contributed by atoms with E-state index in [1.807, 2.05) is 12.1 Å². The van der Waals surface area contributed by atoms with Crippen LogP contribution in [0.15, 0.2) is 36.4 Å². The number of benzene rings is 1. The fourth-order valence-electron chi connectivity index (χ4n) is 1.90. The van der Waals surface area contributed by atoms with Crippen LogP contribution in [0, 0.1) is 0 Å². The highest BCUT2D eigenvalue weighted by Crippen LogP contribution is 2.13. The van der Waals surface area contributed by atoms with Crippen LogP contribution >= 0.6 is 0 Å². The first-order valence-corrected chi connectivity index (χ1v) is 6.12. The summed E-state index contributed by atoms with van der Waals surface area (Å²) in [6.07, 6.45) is 0. The molecule has 108 valence electrons. The summed E-state index contributed by atoms with van der Waals surface area (Å²) in [6, 6.07) is 10.4. The molecular weight excluding hydrogens is 274 g/mol. The van der Waals surface area contributed by atoms with Crippen molar-refractivity contribution in [2.24, 2.45) is 5.73 Å². The number of aromatic nitrogens is 1. The molecule has 0 radical (unpaired) electrons. The first-order valence-electron chi connectivity index (χ1n) is 6.12. The van der Waals surface area contributed by atoms with Crippen LogP contribution in [0.25, 0.3) is 10.9 Å². The second-order valence-electron chi connectivity index (χ2n) is 4.41. The van der Waals surface area contributed by atoms with Crippen LogP contribution in [0.4, 0.5) is 0 Å². The van der Waals surface area contributed by atoms with Crippen LogP contribution in [0.3, 0.4) is 0 Å². The number of pyridine rings is 1. The van der Waals surface area contributed by atoms with Gasteiger partial charge in [0.05, 0.1) is 5.52 Å². The maximum atomic E-state index is 12.3. The minimum Gasteiger partial charge on any atom is -0.480 e. The van der Waals surface area contributed by atoms with E-state index in [9.17, 15) is 14.4 Å². The molecule has 2 rings (SSSR count). The van der Waals surface area contributed by atoms with Crippen molar-refractivity contribution in [1.82, 2.24) is 9.88 Å². The van der Waals surface area contributed by atoms with Crippen molar-refractivity contribution in [3.05, 3.63) is 42.1 Å². The van der Waals surface area contributed by atoms with Crippen molar-refractivity contribution >= 4 is 28.7 Å². The SMILES string of the molecule is NC(=O)CN(CC(=O)O)C(=O)c1ccc2ccccc2n1. The van der Waals surface area contributed by atoms with Crippen LogP contribution in [-0.4, -0.2) is 45.9 Å². The highest BCUT2D eigenvalue weighted by Gasteiger charge is 2.21. The van der Waals surface area contributed by atoms with E-state index in [0.29, 0.717) is 5.52 Å². The summed E-state index contributed by atoms with van der Waals surface area (Å²) < 4.78 is 0. The number of carbonyl (C=O) groups is 3. The molecule has 0 aliphatic carbocycles. The Balaban J connectivity index is 2.32. The molecule has 0 aliphatic rings. The van der Waals surface area contributed by atoms with Gasteiger partial charge in [-0.1, -0.05) is 24.3 Å². The lowest BCUT2D eigenvalue weighted by Gasteiger charge is -2.18. The number of nitrogens with two attached hydrogens (primary N) is 1. The maximum Gasteiger partial charge on any atom is 0.323 e. The van der Waals surface area contributed by atoms with Crippen molar-refractivity contribution < 1.29 is 19.5 Å². The third kappa shape index (κ3) is 3.53. The number of carboxylic acid groups (broad SMARTS) is 1. The van der Waals surface area contributed by atoms with Crippen LogP contribution in [0.2, 0.25) is 0 Å². The van der Waals surface area contributed by atoms with Crippen LogP contribution in [0.5, 0.6) is 0 Å². The molecule has 0 fully saturated rings. The van der Waals surface area contributed by atoms with E-state index in [1.54, 1.807) is 18.2 Å². The summed E-state index contributed by atoms with van der Waals surface area (Å²) >= 11 is 0. The Kier molecular flexibility index (Phi) is 4.13. The smallest absolute Gasteiger partial charge is 0.323 e. The predicted octanol–water partition coefficient (Wildman–Crippen LogP) is 0.247. The lowest BCUT2D eigenvalue weighted by molar-refractivity contribution is -0.138. The molecule has 1 aromatic heterocycles. The average molecular weight is 287 g/mol. The third-order valence-electron chi connectivity index (χ3n) is 2.78. The zero-order chi connectivity index (χ0) is 15.4. The number of nitrogens with zero attached hydrogens (tertiary/aromatic N) is 2. The summed E-state index contributed by atoms with van der Waals surface area (Å²) in [7, 11) is 0.